The first-order valence-corrected chi connectivity index (χ1v) is 9.01. The normalized spacial score (nSPS) is 18.2. The summed E-state index contributed by atoms with van der Waals surface area (Å²) in [5.74, 6) is 0.622. The van der Waals surface area contributed by atoms with Crippen molar-refractivity contribution in [2.75, 3.05) is 19.6 Å². The maximum atomic E-state index is 12.7. The van der Waals surface area contributed by atoms with E-state index in [9.17, 15) is 4.79 Å². The lowest BCUT2D eigenvalue weighted by Crippen LogP contribution is -2.42. The molecule has 0 saturated carbocycles. The molecule has 1 aliphatic heterocycles. The summed E-state index contributed by atoms with van der Waals surface area (Å²) in [5, 5.41) is 3.17. The highest BCUT2D eigenvalue weighted by Gasteiger charge is 2.30. The Kier molecular flexibility index (Phi) is 5.49. The molecule has 1 fully saturated rings. The number of carbonyl (C=O) groups excluding carboxylic acids is 1. The van der Waals surface area contributed by atoms with E-state index in [1.165, 1.54) is 5.56 Å². The van der Waals surface area contributed by atoms with Crippen LogP contribution in [-0.2, 0) is 16.8 Å². The fourth-order valence-corrected chi connectivity index (χ4v) is 3.42. The van der Waals surface area contributed by atoms with Crippen LogP contribution in [0.5, 0.6) is 0 Å². The lowest BCUT2D eigenvalue weighted by atomic mass is 9.83. The Labute approximate surface area is 150 Å². The molecule has 132 valence electrons. The van der Waals surface area contributed by atoms with Gasteiger partial charge in [0.2, 0.25) is 5.91 Å². The average Bonchev–Trinajstić information content (AvgIpc) is 3.08. The number of nitrogens with one attached hydrogen (secondary N) is 1. The van der Waals surface area contributed by atoms with Gasteiger partial charge in [-0.3, -0.25) is 14.7 Å². The standard InChI is InChI=1S/C21H27N3O/c1-21(2,19-8-4-3-5-9-19)20(25)23-14-18-10-12-24(16-18)15-17-7-6-11-22-13-17/h3-9,11,13,18H,10,12,14-16H2,1-2H3,(H,23,25). The molecule has 0 radical (unpaired) electrons. The number of pyridine rings is 1. The number of likely N-dealkylation sites (tertiary alicyclic amines) is 1. The molecular weight excluding hydrogens is 310 g/mol. The Bertz CT molecular complexity index is 685. The molecule has 0 spiro atoms. The molecule has 2 aromatic rings. The molecule has 4 heteroatoms. The van der Waals surface area contributed by atoms with Crippen molar-refractivity contribution in [2.45, 2.75) is 32.2 Å². The Hall–Kier alpha value is -2.20. The van der Waals surface area contributed by atoms with E-state index in [2.05, 4.69) is 21.3 Å². The highest BCUT2D eigenvalue weighted by atomic mass is 16.2. The van der Waals surface area contributed by atoms with Crippen LogP contribution in [0, 0.1) is 5.92 Å². The van der Waals surface area contributed by atoms with Gasteiger partial charge >= 0.3 is 0 Å². The number of carbonyl (C=O) groups is 1. The van der Waals surface area contributed by atoms with Crippen molar-refractivity contribution >= 4 is 5.91 Å². The molecule has 4 nitrogen and oxygen atoms in total. The zero-order valence-corrected chi connectivity index (χ0v) is 15.1. The molecule has 25 heavy (non-hydrogen) atoms. The van der Waals surface area contributed by atoms with Gasteiger partial charge < -0.3 is 5.32 Å². The topological polar surface area (TPSA) is 45.2 Å². The molecule has 0 bridgehead atoms. The molecule has 1 amide bonds. The lowest BCUT2D eigenvalue weighted by molar-refractivity contribution is -0.125. The maximum Gasteiger partial charge on any atom is 0.230 e. The number of amides is 1. The minimum atomic E-state index is -0.505. The predicted molar refractivity (Wildman–Crippen MR) is 100 cm³/mol. The summed E-state index contributed by atoms with van der Waals surface area (Å²) in [6.45, 7) is 7.77. The summed E-state index contributed by atoms with van der Waals surface area (Å²) in [5.41, 5.74) is 1.80. The summed E-state index contributed by atoms with van der Waals surface area (Å²) in [4.78, 5) is 19.3. The first kappa shape index (κ1) is 17.6. The van der Waals surface area contributed by atoms with Crippen molar-refractivity contribution in [3.8, 4) is 0 Å². The zero-order valence-electron chi connectivity index (χ0n) is 15.1. The molecule has 1 N–H and O–H groups in total. The van der Waals surface area contributed by atoms with Crippen LogP contribution >= 0.6 is 0 Å². The quantitative estimate of drug-likeness (QED) is 0.881. The average molecular weight is 337 g/mol. The highest BCUT2D eigenvalue weighted by molar-refractivity contribution is 5.87. The van der Waals surface area contributed by atoms with Gasteiger partial charge in [0.05, 0.1) is 5.41 Å². The second-order valence-electron chi connectivity index (χ2n) is 7.45. The lowest BCUT2D eigenvalue weighted by Gasteiger charge is -2.25. The van der Waals surface area contributed by atoms with Gasteiger partial charge in [-0.15, -0.1) is 0 Å². The van der Waals surface area contributed by atoms with Crippen molar-refractivity contribution in [3.63, 3.8) is 0 Å². The summed E-state index contributed by atoms with van der Waals surface area (Å²) in [6.07, 6.45) is 4.87. The van der Waals surface area contributed by atoms with Gasteiger partial charge in [0.1, 0.15) is 0 Å². The Balaban J connectivity index is 1.48. The third-order valence-corrected chi connectivity index (χ3v) is 5.11. The second-order valence-corrected chi connectivity index (χ2v) is 7.45. The van der Waals surface area contributed by atoms with E-state index < -0.39 is 5.41 Å². The number of rotatable bonds is 6. The van der Waals surface area contributed by atoms with Crippen molar-refractivity contribution < 1.29 is 4.79 Å². The van der Waals surface area contributed by atoms with Crippen molar-refractivity contribution in [3.05, 3.63) is 66.0 Å². The Morgan fingerprint density at radius 1 is 1.24 bits per heavy atom. The summed E-state index contributed by atoms with van der Waals surface area (Å²) < 4.78 is 0. The molecule has 0 aliphatic carbocycles. The van der Waals surface area contributed by atoms with Crippen LogP contribution in [0.15, 0.2) is 54.9 Å². The van der Waals surface area contributed by atoms with Crippen LogP contribution in [-0.4, -0.2) is 35.4 Å². The van der Waals surface area contributed by atoms with Crippen LogP contribution in [0.1, 0.15) is 31.4 Å². The van der Waals surface area contributed by atoms with Gasteiger partial charge in [-0.2, -0.15) is 0 Å². The SMILES string of the molecule is CC(C)(C(=O)NCC1CCN(Cc2cccnc2)C1)c1ccccc1. The summed E-state index contributed by atoms with van der Waals surface area (Å²) in [7, 11) is 0. The predicted octanol–water partition coefficient (Wildman–Crippen LogP) is 3.00. The van der Waals surface area contributed by atoms with Crippen LogP contribution in [0.3, 0.4) is 0 Å². The smallest absolute Gasteiger partial charge is 0.230 e. The summed E-state index contributed by atoms with van der Waals surface area (Å²) >= 11 is 0. The van der Waals surface area contributed by atoms with Crippen molar-refractivity contribution in [2.24, 2.45) is 5.92 Å². The molecule has 1 aromatic carbocycles. The van der Waals surface area contributed by atoms with Crippen LogP contribution in [0.25, 0.3) is 0 Å². The third-order valence-electron chi connectivity index (χ3n) is 5.11. The van der Waals surface area contributed by atoms with Gasteiger partial charge in [0.25, 0.3) is 0 Å². The minimum absolute atomic E-state index is 0.101. The minimum Gasteiger partial charge on any atom is -0.355 e. The highest BCUT2D eigenvalue weighted by Crippen LogP contribution is 2.24. The van der Waals surface area contributed by atoms with Gasteiger partial charge in [-0.1, -0.05) is 36.4 Å². The van der Waals surface area contributed by atoms with Gasteiger partial charge in [-0.05, 0) is 49.9 Å². The van der Waals surface area contributed by atoms with E-state index in [-0.39, 0.29) is 5.91 Å². The second kappa shape index (κ2) is 7.79. The Morgan fingerprint density at radius 2 is 2.04 bits per heavy atom. The van der Waals surface area contributed by atoms with E-state index in [4.69, 9.17) is 0 Å². The van der Waals surface area contributed by atoms with E-state index in [0.29, 0.717) is 5.92 Å². The van der Waals surface area contributed by atoms with E-state index in [1.807, 2.05) is 56.4 Å². The van der Waals surface area contributed by atoms with Crippen LogP contribution < -0.4 is 5.32 Å². The number of aromatic nitrogens is 1. The maximum absolute atomic E-state index is 12.7. The van der Waals surface area contributed by atoms with Gasteiger partial charge in [0.15, 0.2) is 0 Å². The van der Waals surface area contributed by atoms with E-state index in [0.717, 1.165) is 38.2 Å². The molecule has 1 atom stereocenters. The summed E-state index contributed by atoms with van der Waals surface area (Å²) in [6, 6.07) is 14.1. The molecule has 1 aromatic heterocycles. The number of hydrogen-bond donors (Lipinski definition) is 1. The molecule has 2 heterocycles. The molecular formula is C21H27N3O. The fourth-order valence-electron chi connectivity index (χ4n) is 3.42. The van der Waals surface area contributed by atoms with Crippen molar-refractivity contribution in [1.29, 1.82) is 0 Å². The third kappa shape index (κ3) is 4.45. The van der Waals surface area contributed by atoms with Crippen molar-refractivity contribution in [1.82, 2.24) is 15.2 Å². The molecule has 1 unspecified atom stereocenters. The van der Waals surface area contributed by atoms with Gasteiger partial charge in [0, 0.05) is 32.0 Å². The largest absolute Gasteiger partial charge is 0.355 e. The first-order chi connectivity index (χ1) is 12.1. The van der Waals surface area contributed by atoms with Gasteiger partial charge in [-0.25, -0.2) is 0 Å². The Morgan fingerprint density at radius 3 is 2.76 bits per heavy atom. The van der Waals surface area contributed by atoms with E-state index >= 15 is 0 Å². The fraction of sp³-hybridized carbons (Fsp3) is 0.429. The molecule has 1 saturated heterocycles. The van der Waals surface area contributed by atoms with Crippen LogP contribution in [0.4, 0.5) is 0 Å². The number of hydrogen-bond acceptors (Lipinski definition) is 3. The number of nitrogens with zero attached hydrogens (tertiary/aromatic N) is 2. The van der Waals surface area contributed by atoms with Crippen LogP contribution in [0.2, 0.25) is 0 Å². The number of benzene rings is 1. The van der Waals surface area contributed by atoms with E-state index in [1.54, 1.807) is 6.20 Å². The molecule has 1 aliphatic rings. The monoisotopic (exact) mass is 337 g/mol. The molecule has 3 rings (SSSR count). The first-order valence-electron chi connectivity index (χ1n) is 9.01. The zero-order chi connectivity index (χ0) is 17.7.